The lowest BCUT2D eigenvalue weighted by atomic mass is 9.85. The molecule has 44 heavy (non-hydrogen) atoms. The van der Waals surface area contributed by atoms with Gasteiger partial charge in [0.05, 0.1) is 17.0 Å². The highest BCUT2D eigenvalue weighted by molar-refractivity contribution is 6.19. The molecule has 0 amide bonds. The molecule has 0 fully saturated rings. The Hall–Kier alpha value is -6.08. The van der Waals surface area contributed by atoms with E-state index in [-0.39, 0.29) is 0 Å². The number of hydrogen-bond acceptors (Lipinski definition) is 3. The van der Waals surface area contributed by atoms with E-state index >= 15 is 0 Å². The summed E-state index contributed by atoms with van der Waals surface area (Å²) < 4.78 is 16.8. The first-order chi connectivity index (χ1) is 21.9. The Balaban J connectivity index is 1.45. The fourth-order valence-corrected chi connectivity index (χ4v) is 9.23. The van der Waals surface area contributed by atoms with Gasteiger partial charge in [0.15, 0.2) is 11.0 Å². The number of pyridine rings is 2. The van der Waals surface area contributed by atoms with Gasteiger partial charge in [0.2, 0.25) is 5.52 Å². The second-order valence-electron chi connectivity index (χ2n) is 12.2. The quantitative estimate of drug-likeness (QED) is 0.157. The van der Waals surface area contributed by atoms with Crippen LogP contribution in [-0.4, -0.2) is 18.8 Å². The molecule has 7 nitrogen and oxygen atoms in total. The molecule has 3 aliphatic heterocycles. The van der Waals surface area contributed by atoms with E-state index in [1.807, 2.05) is 6.20 Å². The molecule has 200 valence electrons. The van der Waals surface area contributed by atoms with Crippen LogP contribution >= 0.6 is 0 Å². The van der Waals surface area contributed by atoms with Gasteiger partial charge in [0.25, 0.3) is 5.65 Å². The Bertz CT molecular complexity index is 2890. The highest BCUT2D eigenvalue weighted by atomic mass is 16.5. The molecule has 0 saturated heterocycles. The van der Waals surface area contributed by atoms with Crippen LogP contribution in [0.4, 0.5) is 0 Å². The first-order valence-electron chi connectivity index (χ1n) is 14.9. The lowest BCUT2D eigenvalue weighted by molar-refractivity contribution is -0.923. The molecular weight excluding hydrogens is 544 g/mol. The van der Waals surface area contributed by atoms with Crippen molar-refractivity contribution in [2.75, 3.05) is 0 Å². The molecular formula is C37H18N6O+2. The largest absolute Gasteiger partial charge is 0.456 e. The molecule has 0 N–H and O–H groups in total. The summed E-state index contributed by atoms with van der Waals surface area (Å²) in [5.74, 6) is 1.78. The Morgan fingerprint density at radius 3 is 1.89 bits per heavy atom. The summed E-state index contributed by atoms with van der Waals surface area (Å²) in [5, 5.41) is 7.31. The van der Waals surface area contributed by atoms with E-state index in [2.05, 4.69) is 120 Å². The molecule has 1 unspecified atom stereocenters. The summed E-state index contributed by atoms with van der Waals surface area (Å²) in [5.41, 5.74) is 10.5. The van der Waals surface area contributed by atoms with Gasteiger partial charge < -0.3 is 4.74 Å². The third kappa shape index (κ3) is 1.80. The maximum absolute atomic E-state index is 6.92. The molecule has 0 aliphatic carbocycles. The first kappa shape index (κ1) is 20.7. The molecule has 5 aromatic carbocycles. The summed E-state index contributed by atoms with van der Waals surface area (Å²) in [6, 6.07) is 35.1. The van der Waals surface area contributed by atoms with Crippen LogP contribution in [0.25, 0.3) is 76.8 Å². The van der Waals surface area contributed by atoms with Gasteiger partial charge in [-0.05, 0) is 48.5 Å². The van der Waals surface area contributed by atoms with E-state index in [9.17, 15) is 0 Å². The van der Waals surface area contributed by atoms with Crippen LogP contribution in [0.15, 0.2) is 110 Å². The third-order valence-corrected chi connectivity index (χ3v) is 10.6. The summed E-state index contributed by atoms with van der Waals surface area (Å²) in [6.07, 6.45) is 3.65. The molecule has 13 rings (SSSR count). The van der Waals surface area contributed by atoms with Crippen molar-refractivity contribution in [3.8, 4) is 11.5 Å². The second-order valence-corrected chi connectivity index (χ2v) is 12.2. The number of hydrogen-bond donors (Lipinski definition) is 0. The lowest BCUT2D eigenvalue weighted by Gasteiger charge is -2.30. The van der Waals surface area contributed by atoms with Gasteiger partial charge in [-0.3, -0.25) is 0 Å². The average molecular weight is 563 g/mol. The molecule has 1 spiro atoms. The molecule has 5 aromatic heterocycles. The number of fused-ring (bicyclic) bond motifs is 12. The van der Waals surface area contributed by atoms with E-state index in [1.165, 1.54) is 65.6 Å². The Morgan fingerprint density at radius 1 is 0.568 bits per heavy atom. The van der Waals surface area contributed by atoms with Gasteiger partial charge in [0.1, 0.15) is 40.0 Å². The summed E-state index contributed by atoms with van der Waals surface area (Å²) in [6.45, 7) is 0. The molecule has 0 radical (unpaired) electrons. The fourth-order valence-electron chi connectivity index (χ4n) is 9.23. The van der Waals surface area contributed by atoms with Crippen molar-refractivity contribution in [1.29, 1.82) is 0 Å². The topological polar surface area (TPSA) is 51.6 Å². The van der Waals surface area contributed by atoms with Crippen molar-refractivity contribution < 1.29 is 13.9 Å². The summed E-state index contributed by atoms with van der Waals surface area (Å²) in [4.78, 5) is 9.55. The van der Waals surface area contributed by atoms with Crippen LogP contribution < -0.4 is 13.9 Å². The van der Waals surface area contributed by atoms with Crippen LogP contribution in [0.5, 0.6) is 11.5 Å². The van der Waals surface area contributed by atoms with Crippen LogP contribution in [0.3, 0.4) is 0 Å². The van der Waals surface area contributed by atoms with Gasteiger partial charge in [-0.1, -0.05) is 48.5 Å². The normalized spacial score (nSPS) is 17.4. The Morgan fingerprint density at radius 2 is 1.16 bits per heavy atom. The lowest BCUT2D eigenvalue weighted by Crippen LogP contribution is -2.71. The standard InChI is InChI=1S/C37H18N6O/c1-3-9-23-19(7-1)21-13-15-28-32-30(21)35-40(23)25-11-5-6-12-26(25)42(35)37(32)33-29(44-28)16-14-22-20-8-2-4-10-24(20)41-34-27(17-38-18-39-34)43(37)36(41)31(22)33/h1-18H/q+2. The van der Waals surface area contributed by atoms with Crippen molar-refractivity contribution >= 4 is 76.8 Å². The Labute approximate surface area is 247 Å². The van der Waals surface area contributed by atoms with Crippen molar-refractivity contribution in [3.63, 3.8) is 0 Å². The van der Waals surface area contributed by atoms with Crippen molar-refractivity contribution in [3.05, 3.63) is 121 Å². The molecule has 1 atom stereocenters. The average Bonchev–Trinajstić information content (AvgIpc) is 3.79. The van der Waals surface area contributed by atoms with Crippen molar-refractivity contribution in [2.45, 2.75) is 5.66 Å². The van der Waals surface area contributed by atoms with Gasteiger partial charge in [-0.2, -0.15) is 22.9 Å². The number of imidazole rings is 2. The zero-order chi connectivity index (χ0) is 28.1. The number of rotatable bonds is 0. The minimum absolute atomic E-state index is 0.743. The zero-order valence-corrected chi connectivity index (χ0v) is 23.0. The molecule has 3 aliphatic rings. The number of ether oxygens (including phenoxy) is 1. The smallest absolute Gasteiger partial charge is 0.316 e. The predicted molar refractivity (Wildman–Crippen MR) is 167 cm³/mol. The predicted octanol–water partition coefficient (Wildman–Crippen LogP) is 6.51. The van der Waals surface area contributed by atoms with E-state index in [0.29, 0.717) is 0 Å². The van der Waals surface area contributed by atoms with Crippen LogP contribution in [0, 0.1) is 0 Å². The van der Waals surface area contributed by atoms with E-state index < -0.39 is 5.66 Å². The molecule has 10 aromatic rings. The van der Waals surface area contributed by atoms with Gasteiger partial charge in [-0.15, -0.1) is 0 Å². The first-order valence-corrected chi connectivity index (χ1v) is 14.9. The summed E-state index contributed by atoms with van der Waals surface area (Å²) >= 11 is 0. The molecule has 0 saturated carbocycles. The number of nitrogens with zero attached hydrogens (tertiary/aromatic N) is 6. The van der Waals surface area contributed by atoms with Crippen LogP contribution in [0.1, 0.15) is 11.1 Å². The molecule has 0 bridgehead atoms. The van der Waals surface area contributed by atoms with Gasteiger partial charge in [0, 0.05) is 21.5 Å². The van der Waals surface area contributed by atoms with E-state index in [0.717, 1.165) is 33.8 Å². The van der Waals surface area contributed by atoms with Gasteiger partial charge in [-0.25, -0.2) is 4.98 Å². The van der Waals surface area contributed by atoms with Crippen LogP contribution in [-0.2, 0) is 5.66 Å². The number of para-hydroxylation sites is 4. The van der Waals surface area contributed by atoms with Crippen molar-refractivity contribution in [2.24, 2.45) is 0 Å². The monoisotopic (exact) mass is 562 g/mol. The minimum atomic E-state index is -0.743. The minimum Gasteiger partial charge on any atom is -0.456 e. The van der Waals surface area contributed by atoms with Crippen LogP contribution in [0.2, 0.25) is 0 Å². The highest BCUT2D eigenvalue weighted by Gasteiger charge is 2.67. The Kier molecular flexibility index (Phi) is 2.97. The van der Waals surface area contributed by atoms with E-state index in [1.54, 1.807) is 6.33 Å². The third-order valence-electron chi connectivity index (χ3n) is 10.6. The van der Waals surface area contributed by atoms with E-state index in [4.69, 9.17) is 9.72 Å². The second kappa shape index (κ2) is 6.31. The summed E-state index contributed by atoms with van der Waals surface area (Å²) in [7, 11) is 0. The number of aromatic nitrogens is 6. The maximum Gasteiger partial charge on any atom is 0.316 e. The molecule has 7 heteroatoms. The molecule has 8 heterocycles. The maximum atomic E-state index is 6.92. The highest BCUT2D eigenvalue weighted by Crippen LogP contribution is 2.58. The SMILES string of the molecule is c1ccc2c(c1)c1ccc3c4c1c1n2c2ccccc2[n+]1C41c2c(ccc4c5ccccc5n5c6ncncc6[n+]1c5c24)O3. The number of benzene rings is 5. The zero-order valence-electron chi connectivity index (χ0n) is 23.0. The van der Waals surface area contributed by atoms with Gasteiger partial charge >= 0.3 is 17.0 Å². The van der Waals surface area contributed by atoms with Crippen molar-refractivity contribution in [1.82, 2.24) is 18.8 Å². The fraction of sp³-hybridized carbons (Fsp3) is 0.0270.